The first kappa shape index (κ1) is 16.1. The highest BCUT2D eigenvalue weighted by Crippen LogP contribution is 2.11. The summed E-state index contributed by atoms with van der Waals surface area (Å²) in [6, 6.07) is 0.148. The maximum Gasteiger partial charge on any atom is 0.306 e. The van der Waals surface area contributed by atoms with E-state index in [1.807, 2.05) is 11.8 Å². The summed E-state index contributed by atoms with van der Waals surface area (Å²) in [6.07, 6.45) is 0.107. The number of Topliss-reactive ketones (excluding diaryl/α,β-unsaturated/α-hetero) is 1. The summed E-state index contributed by atoms with van der Waals surface area (Å²) in [5.41, 5.74) is 0. The molecular formula is C13H23NO5. The van der Waals surface area contributed by atoms with Crippen molar-refractivity contribution in [2.24, 2.45) is 0 Å². The number of carbonyl (C=O) groups is 2. The van der Waals surface area contributed by atoms with Crippen molar-refractivity contribution >= 4 is 11.8 Å². The molecule has 0 aromatic rings. The Morgan fingerprint density at radius 1 is 1.42 bits per heavy atom. The number of ether oxygens (including phenoxy) is 2. The number of morpholine rings is 1. The maximum absolute atomic E-state index is 11.8. The van der Waals surface area contributed by atoms with E-state index in [9.17, 15) is 9.59 Å². The van der Waals surface area contributed by atoms with E-state index in [0.29, 0.717) is 26.3 Å². The SMILES string of the molecule is CCOC(=O)CCC(=O)CN1CC(CO)OCC1C. The molecule has 0 amide bonds. The zero-order valence-electron chi connectivity index (χ0n) is 11.6. The molecule has 1 aliphatic heterocycles. The molecule has 19 heavy (non-hydrogen) atoms. The molecule has 1 N–H and O–H groups in total. The lowest BCUT2D eigenvalue weighted by Crippen LogP contribution is -2.51. The van der Waals surface area contributed by atoms with Gasteiger partial charge in [-0.25, -0.2) is 0 Å². The standard InChI is InChI=1S/C13H23NO5/c1-3-18-13(17)5-4-11(16)6-14-7-12(8-15)19-9-10(14)2/h10,12,15H,3-9H2,1-2H3. The van der Waals surface area contributed by atoms with Crippen molar-refractivity contribution in [3.05, 3.63) is 0 Å². The summed E-state index contributed by atoms with van der Waals surface area (Å²) in [5.74, 6) is -0.322. The van der Waals surface area contributed by atoms with E-state index in [1.54, 1.807) is 6.92 Å². The third kappa shape index (κ3) is 5.67. The number of aliphatic hydroxyl groups is 1. The van der Waals surface area contributed by atoms with Gasteiger partial charge in [0.15, 0.2) is 0 Å². The molecule has 1 aliphatic rings. The fourth-order valence-electron chi connectivity index (χ4n) is 1.99. The van der Waals surface area contributed by atoms with Crippen LogP contribution >= 0.6 is 0 Å². The van der Waals surface area contributed by atoms with Gasteiger partial charge in [-0.2, -0.15) is 0 Å². The molecule has 1 heterocycles. The van der Waals surface area contributed by atoms with Crippen molar-refractivity contribution in [3.63, 3.8) is 0 Å². The van der Waals surface area contributed by atoms with Gasteiger partial charge in [-0.3, -0.25) is 14.5 Å². The Labute approximate surface area is 113 Å². The minimum atomic E-state index is -0.334. The van der Waals surface area contributed by atoms with Crippen molar-refractivity contribution in [2.45, 2.75) is 38.8 Å². The molecule has 0 aromatic carbocycles. The second kappa shape index (κ2) is 8.24. The van der Waals surface area contributed by atoms with E-state index in [4.69, 9.17) is 14.6 Å². The molecule has 0 radical (unpaired) electrons. The van der Waals surface area contributed by atoms with Gasteiger partial charge in [0, 0.05) is 19.0 Å². The van der Waals surface area contributed by atoms with Crippen LogP contribution in [0.2, 0.25) is 0 Å². The molecule has 0 saturated carbocycles. The normalized spacial score (nSPS) is 24.2. The maximum atomic E-state index is 11.8. The summed E-state index contributed by atoms with van der Waals surface area (Å²) < 4.78 is 10.2. The lowest BCUT2D eigenvalue weighted by atomic mass is 10.1. The molecule has 1 saturated heterocycles. The second-order valence-electron chi connectivity index (χ2n) is 4.76. The summed E-state index contributed by atoms with van der Waals surface area (Å²) in [7, 11) is 0. The topological polar surface area (TPSA) is 76.1 Å². The van der Waals surface area contributed by atoms with Crippen LogP contribution in [0.15, 0.2) is 0 Å². The third-order valence-electron chi connectivity index (χ3n) is 3.13. The van der Waals surface area contributed by atoms with Gasteiger partial charge in [0.1, 0.15) is 5.78 Å². The number of carbonyl (C=O) groups excluding carboxylic acids is 2. The predicted molar refractivity (Wildman–Crippen MR) is 68.7 cm³/mol. The minimum Gasteiger partial charge on any atom is -0.466 e. The van der Waals surface area contributed by atoms with Gasteiger partial charge in [0.2, 0.25) is 0 Å². The second-order valence-corrected chi connectivity index (χ2v) is 4.76. The first-order valence-electron chi connectivity index (χ1n) is 6.70. The highest BCUT2D eigenvalue weighted by atomic mass is 16.5. The van der Waals surface area contributed by atoms with Crippen LogP contribution in [0.25, 0.3) is 0 Å². The van der Waals surface area contributed by atoms with Crippen molar-refractivity contribution in [2.75, 3.05) is 32.9 Å². The molecule has 110 valence electrons. The van der Waals surface area contributed by atoms with Crippen molar-refractivity contribution in [1.29, 1.82) is 0 Å². The number of nitrogens with zero attached hydrogens (tertiary/aromatic N) is 1. The largest absolute Gasteiger partial charge is 0.466 e. The zero-order chi connectivity index (χ0) is 14.3. The number of esters is 1. The lowest BCUT2D eigenvalue weighted by molar-refractivity contribution is -0.144. The van der Waals surface area contributed by atoms with Gasteiger partial charge in [-0.15, -0.1) is 0 Å². The first-order valence-corrected chi connectivity index (χ1v) is 6.70. The highest BCUT2D eigenvalue weighted by molar-refractivity contribution is 5.84. The van der Waals surface area contributed by atoms with Crippen molar-refractivity contribution in [3.8, 4) is 0 Å². The van der Waals surface area contributed by atoms with Gasteiger partial charge in [-0.05, 0) is 13.8 Å². The molecule has 2 unspecified atom stereocenters. The van der Waals surface area contributed by atoms with Crippen LogP contribution in [0.3, 0.4) is 0 Å². The summed E-state index contributed by atoms with van der Waals surface area (Å²) >= 11 is 0. The number of ketones is 1. The Balaban J connectivity index is 2.32. The van der Waals surface area contributed by atoms with Gasteiger partial charge >= 0.3 is 5.97 Å². The third-order valence-corrected chi connectivity index (χ3v) is 3.13. The average molecular weight is 273 g/mol. The molecule has 0 bridgehead atoms. The fourth-order valence-corrected chi connectivity index (χ4v) is 1.99. The molecule has 6 nitrogen and oxygen atoms in total. The Kier molecular flexibility index (Phi) is 6.97. The summed E-state index contributed by atoms with van der Waals surface area (Å²) in [5, 5.41) is 9.07. The Hall–Kier alpha value is -0.980. The first-order chi connectivity index (χ1) is 9.06. The van der Waals surface area contributed by atoms with Crippen LogP contribution in [0, 0.1) is 0 Å². The highest BCUT2D eigenvalue weighted by Gasteiger charge is 2.26. The number of rotatable bonds is 7. The molecule has 1 fully saturated rings. The fraction of sp³-hybridized carbons (Fsp3) is 0.846. The van der Waals surface area contributed by atoms with Gasteiger partial charge < -0.3 is 14.6 Å². The van der Waals surface area contributed by atoms with Crippen molar-refractivity contribution in [1.82, 2.24) is 4.90 Å². The molecular weight excluding hydrogens is 250 g/mol. The number of hydrogen-bond acceptors (Lipinski definition) is 6. The van der Waals surface area contributed by atoms with Crippen LogP contribution in [0.5, 0.6) is 0 Å². The molecule has 6 heteroatoms. The monoisotopic (exact) mass is 273 g/mol. The minimum absolute atomic E-state index is 0.0125. The number of hydrogen-bond donors (Lipinski definition) is 1. The van der Waals surface area contributed by atoms with Crippen LogP contribution in [-0.2, 0) is 19.1 Å². The lowest BCUT2D eigenvalue weighted by Gasteiger charge is -2.36. The molecule has 2 atom stereocenters. The van der Waals surface area contributed by atoms with E-state index in [0.717, 1.165) is 0 Å². The van der Waals surface area contributed by atoms with E-state index < -0.39 is 0 Å². The Bertz CT molecular complexity index is 307. The van der Waals surface area contributed by atoms with Crippen molar-refractivity contribution < 1.29 is 24.2 Å². The van der Waals surface area contributed by atoms with Crippen LogP contribution in [0.4, 0.5) is 0 Å². The van der Waals surface area contributed by atoms with Gasteiger partial charge in [0.05, 0.1) is 38.9 Å². The molecule has 1 rings (SSSR count). The molecule has 0 aliphatic carbocycles. The molecule has 0 spiro atoms. The Morgan fingerprint density at radius 3 is 2.79 bits per heavy atom. The summed E-state index contributed by atoms with van der Waals surface area (Å²) in [4.78, 5) is 25.0. The van der Waals surface area contributed by atoms with E-state index in [-0.39, 0.29) is 43.3 Å². The average Bonchev–Trinajstić information content (AvgIpc) is 2.39. The smallest absolute Gasteiger partial charge is 0.306 e. The quantitative estimate of drug-likeness (QED) is 0.657. The van der Waals surface area contributed by atoms with Gasteiger partial charge in [0.25, 0.3) is 0 Å². The van der Waals surface area contributed by atoms with Crippen LogP contribution < -0.4 is 0 Å². The predicted octanol–water partition coefficient (Wildman–Crippen LogP) is -0.0196. The van der Waals surface area contributed by atoms with E-state index in [2.05, 4.69) is 0 Å². The van der Waals surface area contributed by atoms with E-state index in [1.165, 1.54) is 0 Å². The number of aliphatic hydroxyl groups excluding tert-OH is 1. The van der Waals surface area contributed by atoms with Crippen LogP contribution in [-0.4, -0.2) is 66.8 Å². The van der Waals surface area contributed by atoms with Crippen LogP contribution in [0.1, 0.15) is 26.7 Å². The van der Waals surface area contributed by atoms with E-state index >= 15 is 0 Å². The van der Waals surface area contributed by atoms with Gasteiger partial charge in [-0.1, -0.05) is 0 Å². The molecule has 0 aromatic heterocycles. The summed E-state index contributed by atoms with van der Waals surface area (Å²) in [6.45, 7) is 5.36. The zero-order valence-corrected chi connectivity index (χ0v) is 11.6. The Morgan fingerprint density at radius 2 is 2.16 bits per heavy atom.